The zero-order valence-corrected chi connectivity index (χ0v) is 9.92. The van der Waals surface area contributed by atoms with Crippen LogP contribution >= 0.6 is 11.8 Å². The smallest absolute Gasteiger partial charge is 0.336 e. The van der Waals surface area contributed by atoms with E-state index in [2.05, 4.69) is 4.98 Å². The van der Waals surface area contributed by atoms with Gasteiger partial charge >= 0.3 is 5.97 Å². The van der Waals surface area contributed by atoms with Crippen LogP contribution in [0.3, 0.4) is 0 Å². The summed E-state index contributed by atoms with van der Waals surface area (Å²) in [5.41, 5.74) is 1.25. The second kappa shape index (κ2) is 4.71. The molecule has 0 aliphatic carbocycles. The van der Waals surface area contributed by atoms with E-state index in [1.54, 1.807) is 6.20 Å². The third-order valence-electron chi connectivity index (χ3n) is 2.42. The van der Waals surface area contributed by atoms with Gasteiger partial charge in [-0.05, 0) is 30.0 Å². The van der Waals surface area contributed by atoms with Crippen LogP contribution in [0.4, 0.5) is 4.39 Å². The van der Waals surface area contributed by atoms with Gasteiger partial charge in [0.05, 0.1) is 11.1 Å². The lowest BCUT2D eigenvalue weighted by Crippen LogP contribution is -2.04. The second-order valence-corrected chi connectivity index (χ2v) is 4.42. The molecule has 5 heteroatoms. The molecule has 1 aromatic carbocycles. The molecule has 0 aliphatic heterocycles. The number of carbonyl (C=O) groups is 1. The molecule has 0 spiro atoms. The second-order valence-electron chi connectivity index (χ2n) is 3.56. The largest absolute Gasteiger partial charge is 0.478 e. The molecule has 0 amide bonds. The third kappa shape index (κ3) is 2.24. The first-order valence-electron chi connectivity index (χ1n) is 4.93. The number of aromatic nitrogens is 1. The Kier molecular flexibility index (Phi) is 3.28. The average Bonchev–Trinajstić information content (AvgIpc) is 2.28. The molecule has 3 nitrogen and oxygen atoms in total. The summed E-state index contributed by atoms with van der Waals surface area (Å²) >= 11 is 1.50. The Hall–Kier alpha value is -1.62. The number of carboxylic acid groups (broad SMARTS) is 1. The van der Waals surface area contributed by atoms with E-state index in [9.17, 15) is 14.3 Å². The molecule has 2 aromatic rings. The number of hydrogen-bond donors (Lipinski definition) is 1. The van der Waals surface area contributed by atoms with E-state index in [1.807, 2.05) is 6.26 Å². The van der Waals surface area contributed by atoms with Gasteiger partial charge in [0.25, 0.3) is 0 Å². The first kappa shape index (κ1) is 11.9. The van der Waals surface area contributed by atoms with Crippen molar-refractivity contribution in [2.24, 2.45) is 0 Å². The van der Waals surface area contributed by atoms with Crippen molar-refractivity contribution in [1.82, 2.24) is 4.98 Å². The highest BCUT2D eigenvalue weighted by Crippen LogP contribution is 2.24. The van der Waals surface area contributed by atoms with Crippen LogP contribution < -0.4 is 0 Å². The van der Waals surface area contributed by atoms with E-state index in [-0.39, 0.29) is 5.56 Å². The number of nitrogens with zero attached hydrogens (tertiary/aromatic N) is 1. The van der Waals surface area contributed by atoms with E-state index in [4.69, 9.17) is 0 Å². The fourth-order valence-electron chi connectivity index (χ4n) is 1.72. The Labute approximate surface area is 102 Å². The minimum absolute atomic E-state index is 0.142. The van der Waals surface area contributed by atoms with Gasteiger partial charge in [0, 0.05) is 17.3 Å². The van der Waals surface area contributed by atoms with Gasteiger partial charge in [-0.3, -0.25) is 4.98 Å². The van der Waals surface area contributed by atoms with Crippen molar-refractivity contribution in [3.63, 3.8) is 0 Å². The van der Waals surface area contributed by atoms with Crippen LogP contribution in [0.25, 0.3) is 10.9 Å². The molecule has 88 valence electrons. The zero-order valence-electron chi connectivity index (χ0n) is 9.11. The van der Waals surface area contributed by atoms with E-state index >= 15 is 0 Å². The number of aromatic carboxylic acids is 1. The summed E-state index contributed by atoms with van der Waals surface area (Å²) in [6.45, 7) is 0. The summed E-state index contributed by atoms with van der Waals surface area (Å²) in [6, 6.07) is 3.98. The summed E-state index contributed by atoms with van der Waals surface area (Å²) < 4.78 is 13.2. The first-order chi connectivity index (χ1) is 8.13. The number of halogens is 1. The molecule has 0 saturated carbocycles. The molecule has 0 aliphatic rings. The predicted octanol–water partition coefficient (Wildman–Crippen LogP) is 2.94. The van der Waals surface area contributed by atoms with Crippen molar-refractivity contribution in [2.75, 3.05) is 6.26 Å². The van der Waals surface area contributed by atoms with Gasteiger partial charge in [0.2, 0.25) is 0 Å². The van der Waals surface area contributed by atoms with E-state index in [0.717, 1.165) is 0 Å². The summed E-state index contributed by atoms with van der Waals surface area (Å²) in [5, 5.41) is 9.57. The number of pyridine rings is 1. The van der Waals surface area contributed by atoms with Crippen LogP contribution in [0.5, 0.6) is 0 Å². The summed E-state index contributed by atoms with van der Waals surface area (Å²) in [5.74, 6) is -0.962. The topological polar surface area (TPSA) is 50.2 Å². The predicted molar refractivity (Wildman–Crippen MR) is 65.9 cm³/mol. The number of benzene rings is 1. The van der Waals surface area contributed by atoms with E-state index < -0.39 is 11.8 Å². The highest BCUT2D eigenvalue weighted by molar-refractivity contribution is 7.97. The lowest BCUT2D eigenvalue weighted by Gasteiger charge is -2.07. The summed E-state index contributed by atoms with van der Waals surface area (Å²) in [4.78, 5) is 15.4. The Morgan fingerprint density at radius 3 is 2.94 bits per heavy atom. The molecule has 0 atom stereocenters. The fraction of sp³-hybridized carbons (Fsp3) is 0.167. The monoisotopic (exact) mass is 251 g/mol. The van der Waals surface area contributed by atoms with Gasteiger partial charge < -0.3 is 5.11 Å². The Bertz CT molecular complexity index is 586. The Balaban J connectivity index is 2.77. The maximum absolute atomic E-state index is 13.2. The van der Waals surface area contributed by atoms with E-state index in [1.165, 1.54) is 30.0 Å². The maximum atomic E-state index is 13.2. The highest BCUT2D eigenvalue weighted by atomic mass is 32.2. The summed E-state index contributed by atoms with van der Waals surface area (Å²) in [6.07, 6.45) is 3.42. The molecule has 17 heavy (non-hydrogen) atoms. The third-order valence-corrected chi connectivity index (χ3v) is 3.02. The van der Waals surface area contributed by atoms with Crippen molar-refractivity contribution in [3.8, 4) is 0 Å². The molecular weight excluding hydrogens is 241 g/mol. The number of thioether (sulfide) groups is 1. The standard InChI is InChI=1S/C12H10FNO2S/c1-17-6-7-5-14-10-3-2-8(13)4-9(10)11(7)12(15)16/h2-5H,6H2,1H3,(H,15,16). The average molecular weight is 251 g/mol. The van der Waals surface area contributed by atoms with E-state index in [0.29, 0.717) is 22.2 Å². The lowest BCUT2D eigenvalue weighted by molar-refractivity contribution is 0.0698. The van der Waals surface area contributed by atoms with Crippen LogP contribution in [0, 0.1) is 5.82 Å². The van der Waals surface area contributed by atoms with Crippen molar-refractivity contribution >= 4 is 28.6 Å². The van der Waals surface area contributed by atoms with Crippen LogP contribution in [0.2, 0.25) is 0 Å². The van der Waals surface area contributed by atoms with Gasteiger partial charge in [-0.25, -0.2) is 9.18 Å². The van der Waals surface area contributed by atoms with Gasteiger partial charge in [-0.1, -0.05) is 0 Å². The van der Waals surface area contributed by atoms with Crippen LogP contribution in [0.15, 0.2) is 24.4 Å². The normalized spacial score (nSPS) is 10.7. The van der Waals surface area contributed by atoms with Crippen molar-refractivity contribution < 1.29 is 14.3 Å². The first-order valence-corrected chi connectivity index (χ1v) is 6.32. The molecule has 0 radical (unpaired) electrons. The Morgan fingerprint density at radius 2 is 2.29 bits per heavy atom. The van der Waals surface area contributed by atoms with Gasteiger partial charge in [-0.2, -0.15) is 11.8 Å². The molecule has 0 unspecified atom stereocenters. The van der Waals surface area contributed by atoms with Crippen molar-refractivity contribution in [2.45, 2.75) is 5.75 Å². The number of carboxylic acids is 1. The number of rotatable bonds is 3. The molecule has 0 fully saturated rings. The van der Waals surface area contributed by atoms with Crippen LogP contribution in [-0.4, -0.2) is 22.3 Å². The Morgan fingerprint density at radius 1 is 1.53 bits per heavy atom. The van der Waals surface area contributed by atoms with Crippen LogP contribution in [0.1, 0.15) is 15.9 Å². The molecular formula is C12H10FNO2S. The van der Waals surface area contributed by atoms with Crippen molar-refractivity contribution in [3.05, 3.63) is 41.3 Å². The molecule has 0 saturated heterocycles. The molecule has 1 aromatic heterocycles. The quantitative estimate of drug-likeness (QED) is 0.911. The van der Waals surface area contributed by atoms with Crippen LogP contribution in [-0.2, 0) is 5.75 Å². The fourth-order valence-corrected chi connectivity index (χ4v) is 2.25. The molecule has 0 bridgehead atoms. The van der Waals surface area contributed by atoms with Gasteiger partial charge in [-0.15, -0.1) is 0 Å². The lowest BCUT2D eigenvalue weighted by atomic mass is 10.0. The highest BCUT2D eigenvalue weighted by Gasteiger charge is 2.15. The maximum Gasteiger partial charge on any atom is 0.336 e. The zero-order chi connectivity index (χ0) is 12.4. The SMILES string of the molecule is CSCc1cnc2ccc(F)cc2c1C(=O)O. The minimum atomic E-state index is -1.05. The summed E-state index contributed by atoms with van der Waals surface area (Å²) in [7, 11) is 0. The van der Waals surface area contributed by atoms with Gasteiger partial charge in [0.1, 0.15) is 5.82 Å². The molecule has 2 rings (SSSR count). The molecule has 1 heterocycles. The minimum Gasteiger partial charge on any atom is -0.478 e. The molecule has 1 N–H and O–H groups in total. The van der Waals surface area contributed by atoms with Crippen molar-refractivity contribution in [1.29, 1.82) is 0 Å². The number of hydrogen-bond acceptors (Lipinski definition) is 3. The van der Waals surface area contributed by atoms with Gasteiger partial charge in [0.15, 0.2) is 0 Å². The number of fused-ring (bicyclic) bond motifs is 1.